The fourth-order valence-corrected chi connectivity index (χ4v) is 4.58. The number of carbonyl (C=O) groups excluding carboxylic acids is 1. The molecule has 134 valence electrons. The lowest BCUT2D eigenvalue weighted by molar-refractivity contribution is -0.137. The minimum atomic E-state index is -2.84. The number of hydrogen-bond donors (Lipinski definition) is 1. The highest BCUT2D eigenvalue weighted by Crippen LogP contribution is 2.26. The normalized spacial score (nSPS) is 29.8. The molecule has 0 spiro atoms. The number of nitrogens with zero attached hydrogens (tertiary/aromatic N) is 1. The van der Waals surface area contributed by atoms with Crippen LogP contribution in [-0.4, -0.2) is 69.1 Å². The summed E-state index contributed by atoms with van der Waals surface area (Å²) in [6.07, 6.45) is 4.30. The first-order valence-corrected chi connectivity index (χ1v) is 10.5. The second kappa shape index (κ2) is 8.44. The average molecular weight is 346 g/mol. The molecule has 0 radical (unpaired) electrons. The molecule has 7 heteroatoms. The lowest BCUT2D eigenvalue weighted by Crippen LogP contribution is -2.45. The molecule has 0 aromatic carbocycles. The molecule has 1 saturated heterocycles. The SMILES string of the molecule is CC1CCCC(OC(C)C(=O)NCCN2CCS(=O)(=O)CC2)C1. The molecule has 1 N–H and O–H groups in total. The van der Waals surface area contributed by atoms with Gasteiger partial charge in [-0.15, -0.1) is 0 Å². The van der Waals surface area contributed by atoms with Gasteiger partial charge in [-0.25, -0.2) is 8.42 Å². The Bertz CT molecular complexity index is 480. The van der Waals surface area contributed by atoms with Crippen molar-refractivity contribution in [3.8, 4) is 0 Å². The molecule has 0 bridgehead atoms. The highest BCUT2D eigenvalue weighted by molar-refractivity contribution is 7.91. The summed E-state index contributed by atoms with van der Waals surface area (Å²) in [5, 5.41) is 2.90. The maximum Gasteiger partial charge on any atom is 0.248 e. The average Bonchev–Trinajstić information content (AvgIpc) is 2.49. The summed E-state index contributed by atoms with van der Waals surface area (Å²) in [4.78, 5) is 14.2. The number of sulfone groups is 1. The molecule has 0 aromatic heterocycles. The maximum atomic E-state index is 12.1. The highest BCUT2D eigenvalue weighted by Gasteiger charge is 2.24. The summed E-state index contributed by atoms with van der Waals surface area (Å²) in [6, 6.07) is 0. The monoisotopic (exact) mass is 346 g/mol. The summed E-state index contributed by atoms with van der Waals surface area (Å²) in [7, 11) is -2.84. The minimum Gasteiger partial charge on any atom is -0.365 e. The Labute approximate surface area is 139 Å². The Morgan fingerprint density at radius 1 is 1.30 bits per heavy atom. The summed E-state index contributed by atoms with van der Waals surface area (Å²) >= 11 is 0. The van der Waals surface area contributed by atoms with Gasteiger partial charge in [0.2, 0.25) is 5.91 Å². The van der Waals surface area contributed by atoms with Crippen molar-refractivity contribution in [2.75, 3.05) is 37.7 Å². The lowest BCUT2D eigenvalue weighted by Gasteiger charge is -2.29. The van der Waals surface area contributed by atoms with Crippen molar-refractivity contribution < 1.29 is 17.9 Å². The summed E-state index contributed by atoms with van der Waals surface area (Å²) < 4.78 is 28.6. The number of amides is 1. The molecular weight excluding hydrogens is 316 g/mol. The number of hydrogen-bond acceptors (Lipinski definition) is 5. The van der Waals surface area contributed by atoms with Crippen molar-refractivity contribution in [1.29, 1.82) is 0 Å². The molecule has 2 aliphatic rings. The number of nitrogens with one attached hydrogen (secondary N) is 1. The molecule has 1 aliphatic carbocycles. The van der Waals surface area contributed by atoms with Crippen molar-refractivity contribution in [2.45, 2.75) is 51.7 Å². The predicted molar refractivity (Wildman–Crippen MR) is 90.1 cm³/mol. The quantitative estimate of drug-likeness (QED) is 0.770. The molecule has 1 heterocycles. The van der Waals surface area contributed by atoms with Crippen LogP contribution in [0.4, 0.5) is 0 Å². The van der Waals surface area contributed by atoms with Crippen LogP contribution in [0.3, 0.4) is 0 Å². The fourth-order valence-electron chi connectivity index (χ4n) is 3.31. The third-order valence-electron chi connectivity index (χ3n) is 4.82. The van der Waals surface area contributed by atoms with E-state index < -0.39 is 15.9 Å². The van der Waals surface area contributed by atoms with Crippen molar-refractivity contribution in [3.63, 3.8) is 0 Å². The van der Waals surface area contributed by atoms with Crippen LogP contribution in [0.5, 0.6) is 0 Å². The van der Waals surface area contributed by atoms with Gasteiger partial charge in [0.25, 0.3) is 0 Å². The van der Waals surface area contributed by atoms with Crippen LogP contribution >= 0.6 is 0 Å². The van der Waals surface area contributed by atoms with Crippen molar-refractivity contribution >= 4 is 15.7 Å². The van der Waals surface area contributed by atoms with Crippen molar-refractivity contribution in [2.24, 2.45) is 5.92 Å². The third kappa shape index (κ3) is 6.39. The predicted octanol–water partition coefficient (Wildman–Crippen LogP) is 0.817. The minimum absolute atomic E-state index is 0.0761. The van der Waals surface area contributed by atoms with Crippen molar-refractivity contribution in [3.05, 3.63) is 0 Å². The second-order valence-electron chi connectivity index (χ2n) is 6.96. The molecule has 2 fully saturated rings. The van der Waals surface area contributed by atoms with E-state index in [0.29, 0.717) is 32.1 Å². The van der Waals surface area contributed by atoms with Gasteiger partial charge in [0.15, 0.2) is 9.84 Å². The maximum absolute atomic E-state index is 12.1. The number of rotatable bonds is 6. The zero-order valence-electron chi connectivity index (χ0n) is 14.3. The van der Waals surface area contributed by atoms with E-state index in [0.717, 1.165) is 12.8 Å². The second-order valence-corrected chi connectivity index (χ2v) is 9.26. The Morgan fingerprint density at radius 3 is 2.65 bits per heavy atom. The van der Waals surface area contributed by atoms with Crippen LogP contribution in [0.25, 0.3) is 0 Å². The Balaban J connectivity index is 1.62. The van der Waals surface area contributed by atoms with Gasteiger partial charge in [-0.05, 0) is 25.7 Å². The van der Waals surface area contributed by atoms with E-state index in [1.54, 1.807) is 0 Å². The molecule has 3 unspecified atom stereocenters. The number of carbonyl (C=O) groups is 1. The van der Waals surface area contributed by atoms with Gasteiger partial charge >= 0.3 is 0 Å². The molecular formula is C16H30N2O4S. The highest BCUT2D eigenvalue weighted by atomic mass is 32.2. The topological polar surface area (TPSA) is 75.7 Å². The first-order valence-electron chi connectivity index (χ1n) is 8.71. The third-order valence-corrected chi connectivity index (χ3v) is 6.43. The van der Waals surface area contributed by atoms with E-state index in [-0.39, 0.29) is 23.5 Å². The Morgan fingerprint density at radius 2 is 2.00 bits per heavy atom. The summed E-state index contributed by atoms with van der Waals surface area (Å²) in [5.74, 6) is 1.05. The lowest BCUT2D eigenvalue weighted by atomic mass is 9.88. The zero-order valence-corrected chi connectivity index (χ0v) is 15.1. The van der Waals surface area contributed by atoms with Gasteiger partial charge in [-0.2, -0.15) is 0 Å². The van der Waals surface area contributed by atoms with E-state index in [4.69, 9.17) is 4.74 Å². The van der Waals surface area contributed by atoms with Crippen LogP contribution in [0.15, 0.2) is 0 Å². The first kappa shape index (κ1) is 18.7. The van der Waals surface area contributed by atoms with Crippen LogP contribution in [-0.2, 0) is 19.4 Å². The molecule has 1 amide bonds. The Hall–Kier alpha value is -0.660. The van der Waals surface area contributed by atoms with E-state index >= 15 is 0 Å². The smallest absolute Gasteiger partial charge is 0.248 e. The van der Waals surface area contributed by atoms with Crippen LogP contribution in [0.2, 0.25) is 0 Å². The van der Waals surface area contributed by atoms with Crippen molar-refractivity contribution in [1.82, 2.24) is 10.2 Å². The van der Waals surface area contributed by atoms with Gasteiger partial charge in [0.1, 0.15) is 6.10 Å². The molecule has 0 aromatic rings. The van der Waals surface area contributed by atoms with E-state index in [1.165, 1.54) is 12.8 Å². The van der Waals surface area contributed by atoms with Gasteiger partial charge in [-0.3, -0.25) is 9.69 Å². The zero-order chi connectivity index (χ0) is 16.9. The molecule has 1 aliphatic heterocycles. The van der Waals surface area contributed by atoms with Gasteiger partial charge in [0, 0.05) is 26.2 Å². The van der Waals surface area contributed by atoms with Gasteiger partial charge < -0.3 is 10.1 Å². The first-order chi connectivity index (χ1) is 10.9. The van der Waals surface area contributed by atoms with E-state index in [1.807, 2.05) is 6.92 Å². The standard InChI is InChI=1S/C16H30N2O4S/c1-13-4-3-5-15(12-13)22-14(2)16(19)17-6-7-18-8-10-23(20,21)11-9-18/h13-15H,3-12H2,1-2H3,(H,17,19). The largest absolute Gasteiger partial charge is 0.365 e. The molecule has 1 saturated carbocycles. The Kier molecular flexibility index (Phi) is 6.85. The molecule has 23 heavy (non-hydrogen) atoms. The van der Waals surface area contributed by atoms with Crippen LogP contribution in [0, 0.1) is 5.92 Å². The molecule has 2 rings (SSSR count). The fraction of sp³-hybridized carbons (Fsp3) is 0.938. The van der Waals surface area contributed by atoms with Gasteiger partial charge in [-0.1, -0.05) is 19.8 Å². The van der Waals surface area contributed by atoms with Gasteiger partial charge in [0.05, 0.1) is 17.6 Å². The van der Waals surface area contributed by atoms with Crippen LogP contribution < -0.4 is 5.32 Å². The summed E-state index contributed by atoms with van der Waals surface area (Å²) in [5.41, 5.74) is 0. The summed E-state index contributed by atoms with van der Waals surface area (Å²) in [6.45, 7) is 6.39. The molecule has 3 atom stereocenters. The molecule has 6 nitrogen and oxygen atoms in total. The van der Waals surface area contributed by atoms with E-state index in [2.05, 4.69) is 17.1 Å². The number of ether oxygens (including phenoxy) is 1. The van der Waals surface area contributed by atoms with E-state index in [9.17, 15) is 13.2 Å². The van der Waals surface area contributed by atoms with Crippen LogP contribution in [0.1, 0.15) is 39.5 Å².